The van der Waals surface area contributed by atoms with Crippen LogP contribution < -0.4 is 20.7 Å². The molecule has 192 valence electrons. The van der Waals surface area contributed by atoms with Crippen molar-refractivity contribution in [3.63, 3.8) is 0 Å². The Morgan fingerprint density at radius 3 is 2.50 bits per heavy atom. The lowest BCUT2D eigenvalue weighted by atomic mass is 10.1. The lowest BCUT2D eigenvalue weighted by Gasteiger charge is -2.36. The van der Waals surface area contributed by atoms with Crippen LogP contribution in [0.4, 0.5) is 29.3 Å². The number of rotatable bonds is 6. The molecule has 2 amide bonds. The molecule has 0 unspecified atom stereocenters. The van der Waals surface area contributed by atoms with Gasteiger partial charge >= 0.3 is 12.2 Å². The molecule has 0 saturated carbocycles. The molecule has 7 nitrogen and oxygen atoms in total. The highest BCUT2D eigenvalue weighted by molar-refractivity contribution is 6.00. The van der Waals surface area contributed by atoms with Crippen LogP contribution in [0.1, 0.15) is 25.0 Å². The van der Waals surface area contributed by atoms with Gasteiger partial charge in [-0.1, -0.05) is 12.6 Å². The molecule has 0 aromatic heterocycles. The Hall–Kier alpha value is -3.79. The summed E-state index contributed by atoms with van der Waals surface area (Å²) in [6, 6.07) is 9.84. The van der Waals surface area contributed by atoms with Crippen LogP contribution in [0.2, 0.25) is 0 Å². The van der Waals surface area contributed by atoms with Crippen molar-refractivity contribution in [1.82, 2.24) is 10.2 Å². The highest BCUT2D eigenvalue weighted by atomic mass is 19.4. The fourth-order valence-corrected chi connectivity index (χ4v) is 3.84. The van der Waals surface area contributed by atoms with E-state index < -0.39 is 17.8 Å². The van der Waals surface area contributed by atoms with Crippen molar-refractivity contribution in [2.24, 2.45) is 4.99 Å². The molecule has 1 aliphatic heterocycles. The van der Waals surface area contributed by atoms with E-state index in [1.54, 1.807) is 24.3 Å². The number of anilines is 2. The first-order valence-electron chi connectivity index (χ1n) is 11.4. The number of halogens is 3. The van der Waals surface area contributed by atoms with Gasteiger partial charge in [0.15, 0.2) is 0 Å². The summed E-state index contributed by atoms with van der Waals surface area (Å²) in [5.74, 6) is 0.860. The van der Waals surface area contributed by atoms with Crippen LogP contribution in [-0.4, -0.2) is 42.5 Å². The van der Waals surface area contributed by atoms with Crippen molar-refractivity contribution in [2.45, 2.75) is 33.0 Å². The van der Waals surface area contributed by atoms with Gasteiger partial charge in [-0.2, -0.15) is 13.2 Å². The summed E-state index contributed by atoms with van der Waals surface area (Å²) in [7, 11) is 0. The van der Waals surface area contributed by atoms with Gasteiger partial charge in [0.25, 0.3) is 0 Å². The Bertz CT molecular complexity index is 1140. The van der Waals surface area contributed by atoms with Crippen molar-refractivity contribution in [2.75, 3.05) is 30.3 Å². The van der Waals surface area contributed by atoms with Gasteiger partial charge in [-0.25, -0.2) is 9.79 Å². The molecule has 1 heterocycles. The molecule has 2 aromatic carbocycles. The van der Waals surface area contributed by atoms with Crippen molar-refractivity contribution in [1.29, 1.82) is 0 Å². The average Bonchev–Trinajstić information content (AvgIpc) is 2.81. The zero-order valence-corrected chi connectivity index (χ0v) is 20.4. The quantitative estimate of drug-likeness (QED) is 0.347. The zero-order valence-electron chi connectivity index (χ0n) is 20.4. The van der Waals surface area contributed by atoms with E-state index in [0.717, 1.165) is 31.4 Å². The van der Waals surface area contributed by atoms with Gasteiger partial charge in [0.2, 0.25) is 5.90 Å². The Labute approximate surface area is 208 Å². The van der Waals surface area contributed by atoms with E-state index >= 15 is 0 Å². The Kier molecular flexibility index (Phi) is 8.76. The summed E-state index contributed by atoms with van der Waals surface area (Å²) in [5, 5.41) is 8.37. The number of alkyl halides is 3. The molecule has 3 N–H and O–H groups in total. The monoisotopic (exact) mass is 501 g/mol. The summed E-state index contributed by atoms with van der Waals surface area (Å²) >= 11 is 0. The number of carbonyl (C=O) groups excluding carboxylic acids is 1. The predicted octanol–water partition coefficient (Wildman–Crippen LogP) is 5.78. The van der Waals surface area contributed by atoms with E-state index in [0.29, 0.717) is 23.4 Å². The molecule has 3 rings (SSSR count). The number of aryl methyl sites for hydroxylation is 1. The third kappa shape index (κ3) is 7.35. The van der Waals surface area contributed by atoms with Gasteiger partial charge in [-0.15, -0.1) is 0 Å². The molecular formula is C26H30F3N5O2. The molecule has 0 radical (unpaired) electrons. The number of nitrogens with zero attached hydrogens (tertiary/aromatic N) is 2. The number of piperazine rings is 1. The molecule has 1 aliphatic rings. The third-order valence-electron chi connectivity index (χ3n) is 5.64. The molecule has 0 bridgehead atoms. The Balaban J connectivity index is 1.63. The highest BCUT2D eigenvalue weighted by Crippen LogP contribution is 2.33. The summed E-state index contributed by atoms with van der Waals surface area (Å²) in [6.07, 6.45) is -1.26. The molecule has 1 fully saturated rings. The van der Waals surface area contributed by atoms with Crippen molar-refractivity contribution < 1.29 is 22.7 Å². The van der Waals surface area contributed by atoms with Crippen LogP contribution in [-0.2, 0) is 6.18 Å². The molecule has 0 aliphatic carbocycles. The highest BCUT2D eigenvalue weighted by Gasteiger charge is 2.32. The second-order valence-electron chi connectivity index (χ2n) is 8.42. The second-order valence-corrected chi connectivity index (χ2v) is 8.42. The number of ether oxygens (including phenoxy) is 1. The lowest BCUT2D eigenvalue weighted by Crippen LogP contribution is -2.48. The molecule has 0 spiro atoms. The van der Waals surface area contributed by atoms with E-state index in [4.69, 9.17) is 4.74 Å². The van der Waals surface area contributed by atoms with E-state index in [2.05, 4.69) is 39.3 Å². The van der Waals surface area contributed by atoms with Gasteiger partial charge < -0.3 is 25.6 Å². The summed E-state index contributed by atoms with van der Waals surface area (Å²) < 4.78 is 45.2. The first kappa shape index (κ1) is 26.8. The zero-order chi connectivity index (χ0) is 26.3. The second kappa shape index (κ2) is 11.8. The fourth-order valence-electron chi connectivity index (χ4n) is 3.84. The molecule has 10 heteroatoms. The van der Waals surface area contributed by atoms with E-state index in [1.807, 2.05) is 13.0 Å². The molecule has 1 atom stereocenters. The van der Waals surface area contributed by atoms with Gasteiger partial charge in [0, 0.05) is 55.0 Å². The topological polar surface area (TPSA) is 78.0 Å². The number of nitrogens with one attached hydrogen (secondary N) is 3. The van der Waals surface area contributed by atoms with Crippen LogP contribution >= 0.6 is 0 Å². The maximum Gasteiger partial charge on any atom is 0.416 e. The number of allylic oxidation sites excluding steroid dienone is 1. The maximum atomic E-state index is 13.1. The number of aliphatic imine (C=N–C) groups is 1. The van der Waals surface area contributed by atoms with Crippen molar-refractivity contribution in [3.8, 4) is 5.75 Å². The smallest absolute Gasteiger partial charge is 0.416 e. The largest absolute Gasteiger partial charge is 0.439 e. The maximum absolute atomic E-state index is 13.1. The Morgan fingerprint density at radius 2 is 1.86 bits per heavy atom. The summed E-state index contributed by atoms with van der Waals surface area (Å²) in [6.45, 7) is 11.8. The van der Waals surface area contributed by atoms with E-state index in [9.17, 15) is 18.0 Å². The minimum absolute atomic E-state index is 0.0385. The number of hydrogen-bond donors (Lipinski definition) is 3. The number of urea groups is 1. The first-order valence-corrected chi connectivity index (χ1v) is 11.4. The predicted molar refractivity (Wildman–Crippen MR) is 136 cm³/mol. The molecular weight excluding hydrogens is 471 g/mol. The minimum Gasteiger partial charge on any atom is -0.439 e. The first-order chi connectivity index (χ1) is 17.1. The minimum atomic E-state index is -4.50. The van der Waals surface area contributed by atoms with Crippen molar-refractivity contribution >= 4 is 23.3 Å². The fraction of sp³-hybridized carbons (Fsp3) is 0.308. The standard InChI is InChI=1S/C26H30F3N5O2/c1-5-31-24(14-18(3)34-13-12-30-16-19(34)4)36-22-10-8-20(9-11-22)32-25(35)33-21-7-6-17(2)23(15-21)26(27,28)29/h5-11,14-15,19,30H,1,12-13,16H2,2-4H3,(H2,32,33,35)/b18-14+,31-24?/t19-/m0/s1. The normalized spacial score (nSPS) is 16.9. The van der Waals surface area contributed by atoms with Gasteiger partial charge in [0.1, 0.15) is 5.75 Å². The number of benzene rings is 2. The number of amides is 2. The van der Waals surface area contributed by atoms with Crippen LogP contribution in [0.15, 0.2) is 72.0 Å². The average molecular weight is 502 g/mol. The van der Waals surface area contributed by atoms with Crippen LogP contribution in [0, 0.1) is 6.92 Å². The van der Waals surface area contributed by atoms with Gasteiger partial charge in [0.05, 0.1) is 5.56 Å². The Morgan fingerprint density at radius 1 is 1.19 bits per heavy atom. The molecule has 2 aromatic rings. The summed E-state index contributed by atoms with van der Waals surface area (Å²) in [5.41, 5.74) is 0.776. The number of hydrogen-bond acceptors (Lipinski definition) is 5. The molecule has 36 heavy (non-hydrogen) atoms. The number of carbonyl (C=O) groups is 1. The summed E-state index contributed by atoms with van der Waals surface area (Å²) in [4.78, 5) is 18.8. The van der Waals surface area contributed by atoms with E-state index in [-0.39, 0.29) is 11.3 Å². The van der Waals surface area contributed by atoms with Crippen molar-refractivity contribution in [3.05, 3.63) is 78.1 Å². The van der Waals surface area contributed by atoms with Crippen LogP contribution in [0.3, 0.4) is 0 Å². The van der Waals surface area contributed by atoms with Crippen LogP contribution in [0.25, 0.3) is 0 Å². The lowest BCUT2D eigenvalue weighted by molar-refractivity contribution is -0.138. The van der Waals surface area contributed by atoms with E-state index in [1.165, 1.54) is 25.3 Å². The SMILES string of the molecule is C=CN=C(/C=C(\C)N1CCNC[C@@H]1C)Oc1ccc(NC(=O)Nc2ccc(C)c(C(F)(F)F)c2)cc1. The third-order valence-corrected chi connectivity index (χ3v) is 5.64. The van der Waals surface area contributed by atoms with Crippen LogP contribution in [0.5, 0.6) is 5.75 Å². The molecule has 1 saturated heterocycles. The van der Waals surface area contributed by atoms with Gasteiger partial charge in [-0.3, -0.25) is 0 Å². The van der Waals surface area contributed by atoms with Gasteiger partial charge in [-0.05, 0) is 62.7 Å².